The van der Waals surface area contributed by atoms with Crippen LogP contribution in [0, 0.1) is 0 Å². The largest absolute Gasteiger partial charge is 0.490 e. The van der Waals surface area contributed by atoms with E-state index in [2.05, 4.69) is 15.0 Å². The molecule has 0 aromatic carbocycles. The summed E-state index contributed by atoms with van der Waals surface area (Å²) in [6, 6.07) is 0. The molecule has 20 heavy (non-hydrogen) atoms. The van der Waals surface area contributed by atoms with Crippen LogP contribution < -0.4 is 5.14 Å². The van der Waals surface area contributed by atoms with Crippen LogP contribution in [-0.2, 0) is 14.8 Å². The Labute approximate surface area is 109 Å². The number of halogens is 3. The number of nitrogens with one attached hydrogen (secondary N) is 1. The van der Waals surface area contributed by atoms with Gasteiger partial charge in [-0.05, 0) is 0 Å². The van der Waals surface area contributed by atoms with Gasteiger partial charge in [-0.25, -0.2) is 23.3 Å². The number of sulfonamides is 1. The van der Waals surface area contributed by atoms with Crippen molar-refractivity contribution in [3.63, 3.8) is 0 Å². The van der Waals surface area contributed by atoms with E-state index in [1.807, 2.05) is 0 Å². The van der Waals surface area contributed by atoms with E-state index >= 15 is 0 Å². The van der Waals surface area contributed by atoms with Gasteiger partial charge in [-0.15, -0.1) is 0 Å². The van der Waals surface area contributed by atoms with E-state index in [0.29, 0.717) is 5.69 Å². The number of nitrogens with two attached hydrogens (primary N) is 1. The summed E-state index contributed by atoms with van der Waals surface area (Å²) >= 11 is 0. The number of alkyl halides is 3. The number of primary sulfonamides is 1. The summed E-state index contributed by atoms with van der Waals surface area (Å²) in [5.74, 6) is -2.76. The second-order valence-electron chi connectivity index (χ2n) is 3.31. The maximum absolute atomic E-state index is 10.9. The zero-order chi connectivity index (χ0) is 15.6. The fourth-order valence-corrected chi connectivity index (χ4v) is 1.42. The number of fused-ring (bicyclic) bond motifs is 1. The molecule has 12 heteroatoms. The minimum absolute atomic E-state index is 0.256. The van der Waals surface area contributed by atoms with Gasteiger partial charge < -0.3 is 10.1 Å². The number of aromatic nitrogens is 3. The molecule has 0 saturated carbocycles. The van der Waals surface area contributed by atoms with Crippen molar-refractivity contribution < 1.29 is 31.5 Å². The van der Waals surface area contributed by atoms with E-state index < -0.39 is 22.2 Å². The third-order valence-electron chi connectivity index (χ3n) is 1.80. The van der Waals surface area contributed by atoms with Crippen molar-refractivity contribution in [1.82, 2.24) is 15.0 Å². The molecular formula is C8H7F3N4O4S. The first kappa shape index (κ1) is 15.8. The molecule has 2 rings (SSSR count). The van der Waals surface area contributed by atoms with E-state index in [9.17, 15) is 21.6 Å². The van der Waals surface area contributed by atoms with Crippen LogP contribution in [0.2, 0.25) is 0 Å². The van der Waals surface area contributed by atoms with Gasteiger partial charge in [0, 0.05) is 18.0 Å². The van der Waals surface area contributed by atoms with E-state index in [1.165, 1.54) is 12.4 Å². The molecule has 2 aliphatic rings. The van der Waals surface area contributed by atoms with Gasteiger partial charge in [0.05, 0.1) is 11.9 Å². The van der Waals surface area contributed by atoms with Crippen LogP contribution in [0.1, 0.15) is 0 Å². The van der Waals surface area contributed by atoms with Crippen molar-refractivity contribution in [2.75, 3.05) is 0 Å². The average Bonchev–Trinajstić information content (AvgIpc) is 2.73. The van der Waals surface area contributed by atoms with Gasteiger partial charge in [0.2, 0.25) is 5.16 Å². The molecule has 110 valence electrons. The summed E-state index contributed by atoms with van der Waals surface area (Å²) in [7, 11) is -3.77. The van der Waals surface area contributed by atoms with Gasteiger partial charge in [0.25, 0.3) is 10.0 Å². The Kier molecular flexibility index (Phi) is 4.29. The smallest absolute Gasteiger partial charge is 0.475 e. The van der Waals surface area contributed by atoms with Gasteiger partial charge in [-0.2, -0.15) is 13.2 Å². The fourth-order valence-electron chi connectivity index (χ4n) is 0.964. The van der Waals surface area contributed by atoms with E-state index in [4.69, 9.17) is 15.0 Å². The molecule has 0 atom stereocenters. The predicted molar refractivity (Wildman–Crippen MR) is 58.1 cm³/mol. The first-order chi connectivity index (χ1) is 9.01. The van der Waals surface area contributed by atoms with Crippen LogP contribution in [0.4, 0.5) is 13.2 Å². The maximum Gasteiger partial charge on any atom is 0.490 e. The van der Waals surface area contributed by atoms with Gasteiger partial charge in [-0.3, -0.25) is 4.98 Å². The van der Waals surface area contributed by atoms with Crippen LogP contribution in [0.15, 0.2) is 23.7 Å². The molecule has 0 saturated heterocycles. The molecule has 2 heterocycles. The van der Waals surface area contributed by atoms with E-state index in [1.54, 1.807) is 6.20 Å². The molecule has 0 unspecified atom stereocenters. The van der Waals surface area contributed by atoms with Crippen LogP contribution >= 0.6 is 0 Å². The van der Waals surface area contributed by atoms with E-state index in [-0.39, 0.29) is 5.16 Å². The Morgan fingerprint density at radius 1 is 1.30 bits per heavy atom. The highest BCUT2D eigenvalue weighted by Crippen LogP contribution is 2.17. The van der Waals surface area contributed by atoms with Crippen molar-refractivity contribution in [1.29, 1.82) is 0 Å². The SMILES string of the molecule is NS(=O)(=O)c1ncc2cncc-2[nH]1.O=C(O)C(F)(F)F. The lowest BCUT2D eigenvalue weighted by atomic mass is 10.3. The maximum atomic E-state index is 10.9. The molecule has 0 spiro atoms. The van der Waals surface area contributed by atoms with Gasteiger partial charge in [0.1, 0.15) is 0 Å². The highest BCUT2D eigenvalue weighted by molar-refractivity contribution is 7.89. The first-order valence-electron chi connectivity index (χ1n) is 4.63. The topological polar surface area (TPSA) is 139 Å². The Morgan fingerprint density at radius 3 is 2.30 bits per heavy atom. The number of carboxylic acids is 1. The minimum Gasteiger partial charge on any atom is -0.475 e. The molecule has 8 nitrogen and oxygen atoms in total. The van der Waals surface area contributed by atoms with Crippen LogP contribution in [0.5, 0.6) is 0 Å². The molecule has 0 aromatic heterocycles. The Bertz CT molecular complexity index is 681. The van der Waals surface area contributed by atoms with Crippen LogP contribution in [-0.4, -0.2) is 40.6 Å². The molecular weight excluding hydrogens is 305 g/mol. The predicted octanol–water partition coefficient (Wildman–Crippen LogP) is 0.190. The summed E-state index contributed by atoms with van der Waals surface area (Å²) in [6.45, 7) is 0. The molecule has 0 fully saturated rings. The summed E-state index contributed by atoms with van der Waals surface area (Å²) in [5, 5.41) is 11.7. The average molecular weight is 312 g/mol. The van der Waals surface area contributed by atoms with Crippen molar-refractivity contribution in [3.8, 4) is 11.3 Å². The number of nitrogens with zero attached hydrogens (tertiary/aromatic N) is 2. The number of carboxylic acid groups (broad SMARTS) is 1. The number of aromatic amines is 1. The number of hydrogen-bond acceptors (Lipinski definition) is 5. The monoisotopic (exact) mass is 312 g/mol. The normalized spacial score (nSPS) is 11.8. The molecule has 4 N–H and O–H groups in total. The zero-order valence-electron chi connectivity index (χ0n) is 9.42. The lowest BCUT2D eigenvalue weighted by molar-refractivity contribution is -0.192. The molecule has 0 bridgehead atoms. The lowest BCUT2D eigenvalue weighted by Gasteiger charge is -2.00. The second-order valence-corrected chi connectivity index (χ2v) is 4.79. The van der Waals surface area contributed by atoms with Gasteiger partial charge in [0.15, 0.2) is 0 Å². The number of H-pyrrole nitrogens is 1. The van der Waals surface area contributed by atoms with E-state index in [0.717, 1.165) is 5.56 Å². The summed E-state index contributed by atoms with van der Waals surface area (Å²) in [6.07, 6.45) is -0.601. The van der Waals surface area contributed by atoms with Crippen molar-refractivity contribution >= 4 is 16.0 Å². The standard InChI is InChI=1S/C6H6N4O2S.C2HF3O2/c7-13(11,12)6-9-2-4-1-8-3-5(4)10-6;3-2(4,5)1(6)7/h1-3H,(H,9,10)(H2,7,11,12);(H,6,7). The van der Waals surface area contributed by atoms with Crippen molar-refractivity contribution in [3.05, 3.63) is 18.6 Å². The van der Waals surface area contributed by atoms with Gasteiger partial charge in [-0.1, -0.05) is 0 Å². The zero-order valence-corrected chi connectivity index (χ0v) is 10.2. The molecule has 0 aliphatic carbocycles. The summed E-state index contributed by atoms with van der Waals surface area (Å²) in [4.78, 5) is 18.9. The molecule has 2 aliphatic heterocycles. The Morgan fingerprint density at radius 2 is 1.85 bits per heavy atom. The number of rotatable bonds is 1. The third kappa shape index (κ3) is 4.17. The van der Waals surface area contributed by atoms with Crippen molar-refractivity contribution in [2.24, 2.45) is 5.14 Å². The Hall–Kier alpha value is -2.21. The van der Waals surface area contributed by atoms with Crippen LogP contribution in [0.3, 0.4) is 0 Å². The van der Waals surface area contributed by atoms with Crippen molar-refractivity contribution in [2.45, 2.75) is 11.3 Å². The number of aliphatic carboxylic acids is 1. The highest BCUT2D eigenvalue weighted by Gasteiger charge is 2.38. The lowest BCUT2D eigenvalue weighted by Crippen LogP contribution is -2.21. The Balaban J connectivity index is 0.000000246. The quantitative estimate of drug-likeness (QED) is 0.642. The van der Waals surface area contributed by atoms with Crippen LogP contribution in [0.25, 0.3) is 11.3 Å². The summed E-state index contributed by atoms with van der Waals surface area (Å²) < 4.78 is 53.5. The third-order valence-corrected chi connectivity index (χ3v) is 2.55. The second kappa shape index (κ2) is 5.42. The highest BCUT2D eigenvalue weighted by atomic mass is 32.2. The first-order valence-corrected chi connectivity index (χ1v) is 6.18. The van der Waals surface area contributed by atoms with Gasteiger partial charge >= 0.3 is 12.1 Å². The number of carbonyl (C=O) groups is 1. The number of hydrogen-bond donors (Lipinski definition) is 3. The molecule has 0 aromatic rings. The fraction of sp³-hybridized carbons (Fsp3) is 0.125. The molecule has 0 radical (unpaired) electrons. The minimum atomic E-state index is -5.08. The molecule has 0 amide bonds. The summed E-state index contributed by atoms with van der Waals surface area (Å²) in [5.41, 5.74) is 1.34.